The van der Waals surface area contributed by atoms with Gasteiger partial charge in [0, 0.05) is 39.9 Å². The predicted octanol–water partition coefficient (Wildman–Crippen LogP) is 2.23. The van der Waals surface area contributed by atoms with Gasteiger partial charge in [-0.3, -0.25) is 0 Å². The van der Waals surface area contributed by atoms with E-state index in [4.69, 9.17) is 16.3 Å². The van der Waals surface area contributed by atoms with Gasteiger partial charge in [-0.1, -0.05) is 0 Å². The van der Waals surface area contributed by atoms with Crippen LogP contribution in [0, 0.1) is 5.92 Å². The molecule has 0 saturated carbocycles. The molecule has 0 N–H and O–H groups in total. The third kappa shape index (κ3) is 4.17. The van der Waals surface area contributed by atoms with Crippen molar-refractivity contribution < 1.29 is 4.74 Å². The van der Waals surface area contributed by atoms with E-state index in [9.17, 15) is 0 Å². The number of methoxy groups -OCH3 is 1. The zero-order chi connectivity index (χ0) is 15.2. The molecule has 1 aromatic rings. The highest BCUT2D eigenvalue weighted by Gasteiger charge is 2.22. The van der Waals surface area contributed by atoms with Crippen LogP contribution in [0.4, 0.5) is 11.9 Å². The fourth-order valence-corrected chi connectivity index (χ4v) is 2.81. The van der Waals surface area contributed by atoms with Crippen LogP contribution < -0.4 is 9.80 Å². The molecule has 1 aromatic heterocycles. The maximum Gasteiger partial charge on any atom is 0.231 e. The van der Waals surface area contributed by atoms with Gasteiger partial charge < -0.3 is 14.5 Å². The zero-order valence-electron chi connectivity index (χ0n) is 13.0. The number of anilines is 2. The van der Waals surface area contributed by atoms with Crippen molar-refractivity contribution in [2.45, 2.75) is 26.7 Å². The second kappa shape index (κ2) is 7.75. The molecular weight excluding hydrogens is 290 g/mol. The molecule has 1 saturated heterocycles. The van der Waals surface area contributed by atoms with Crippen LogP contribution >= 0.6 is 11.6 Å². The van der Waals surface area contributed by atoms with Crippen LogP contribution in [0.15, 0.2) is 0 Å². The van der Waals surface area contributed by atoms with Crippen molar-refractivity contribution in [2.24, 2.45) is 5.92 Å². The summed E-state index contributed by atoms with van der Waals surface area (Å²) >= 11 is 6.07. The quantitative estimate of drug-likeness (QED) is 0.803. The average molecular weight is 314 g/mol. The number of hydrogen-bond acceptors (Lipinski definition) is 6. The molecule has 1 aliphatic rings. The summed E-state index contributed by atoms with van der Waals surface area (Å²) in [5, 5.41) is 0.265. The van der Waals surface area contributed by atoms with Crippen LogP contribution in [0.2, 0.25) is 5.28 Å². The smallest absolute Gasteiger partial charge is 0.231 e. The standard InChI is InChI=1S/C14H24ClN5O/c1-4-19(5-2)13-16-12(15)17-14(18-13)20-8-6-11(7-9-20)10-21-3/h11H,4-10H2,1-3H3. The van der Waals surface area contributed by atoms with E-state index in [1.54, 1.807) is 7.11 Å². The molecule has 7 heteroatoms. The van der Waals surface area contributed by atoms with E-state index in [0.717, 1.165) is 45.6 Å². The maximum atomic E-state index is 6.07. The van der Waals surface area contributed by atoms with E-state index < -0.39 is 0 Å². The van der Waals surface area contributed by atoms with Crippen LogP contribution in [-0.4, -0.2) is 54.8 Å². The largest absolute Gasteiger partial charge is 0.384 e. The van der Waals surface area contributed by atoms with Crippen molar-refractivity contribution in [3.8, 4) is 0 Å². The van der Waals surface area contributed by atoms with E-state index in [-0.39, 0.29) is 5.28 Å². The van der Waals surface area contributed by atoms with Crippen LogP contribution in [-0.2, 0) is 4.74 Å². The molecule has 2 heterocycles. The Kier molecular flexibility index (Phi) is 5.99. The molecule has 118 valence electrons. The number of hydrogen-bond donors (Lipinski definition) is 0. The highest BCUT2D eigenvalue weighted by Crippen LogP contribution is 2.23. The normalized spacial score (nSPS) is 16.3. The van der Waals surface area contributed by atoms with Crippen LogP contribution in [0.1, 0.15) is 26.7 Å². The SMILES string of the molecule is CCN(CC)c1nc(Cl)nc(N2CCC(COC)CC2)n1. The lowest BCUT2D eigenvalue weighted by Gasteiger charge is -2.32. The Morgan fingerprint density at radius 2 is 1.86 bits per heavy atom. The Labute approximate surface area is 131 Å². The molecule has 2 rings (SSSR count). The molecule has 0 spiro atoms. The lowest BCUT2D eigenvalue weighted by atomic mass is 9.98. The summed E-state index contributed by atoms with van der Waals surface area (Å²) in [5.74, 6) is 1.98. The fourth-order valence-electron chi connectivity index (χ4n) is 2.65. The van der Waals surface area contributed by atoms with Gasteiger partial charge in [0.05, 0.1) is 0 Å². The Morgan fingerprint density at radius 1 is 1.19 bits per heavy atom. The minimum Gasteiger partial charge on any atom is -0.384 e. The van der Waals surface area contributed by atoms with E-state index >= 15 is 0 Å². The molecular formula is C14H24ClN5O. The number of nitrogens with zero attached hydrogens (tertiary/aromatic N) is 5. The third-order valence-electron chi connectivity index (χ3n) is 3.93. The van der Waals surface area contributed by atoms with Crippen molar-refractivity contribution in [1.29, 1.82) is 0 Å². The number of halogens is 1. The minimum absolute atomic E-state index is 0.265. The topological polar surface area (TPSA) is 54.4 Å². The molecule has 21 heavy (non-hydrogen) atoms. The van der Waals surface area contributed by atoms with Gasteiger partial charge in [0.1, 0.15) is 0 Å². The van der Waals surface area contributed by atoms with E-state index in [0.29, 0.717) is 17.8 Å². The minimum atomic E-state index is 0.265. The average Bonchev–Trinajstić information content (AvgIpc) is 2.49. The lowest BCUT2D eigenvalue weighted by molar-refractivity contribution is 0.139. The first kappa shape index (κ1) is 16.2. The highest BCUT2D eigenvalue weighted by atomic mass is 35.5. The number of ether oxygens (including phenoxy) is 1. The molecule has 1 fully saturated rings. The molecule has 0 atom stereocenters. The molecule has 0 amide bonds. The van der Waals surface area contributed by atoms with Gasteiger partial charge in [-0.15, -0.1) is 0 Å². The number of piperidine rings is 1. The summed E-state index contributed by atoms with van der Waals surface area (Å²) in [6.07, 6.45) is 2.19. The first-order chi connectivity index (χ1) is 10.2. The van der Waals surface area contributed by atoms with Gasteiger partial charge in [-0.05, 0) is 44.2 Å². The Bertz CT molecular complexity index is 447. The Balaban J connectivity index is 2.10. The molecule has 0 aromatic carbocycles. The summed E-state index contributed by atoms with van der Waals surface area (Å²) in [6.45, 7) is 8.57. The summed E-state index contributed by atoms with van der Waals surface area (Å²) in [6, 6.07) is 0. The molecule has 1 aliphatic heterocycles. The van der Waals surface area contributed by atoms with Crippen LogP contribution in [0.3, 0.4) is 0 Å². The number of aromatic nitrogens is 3. The zero-order valence-corrected chi connectivity index (χ0v) is 13.8. The monoisotopic (exact) mass is 313 g/mol. The van der Waals surface area contributed by atoms with Gasteiger partial charge in [0.15, 0.2) is 0 Å². The summed E-state index contributed by atoms with van der Waals surface area (Å²) in [5.41, 5.74) is 0. The second-order valence-corrected chi connectivity index (χ2v) is 5.60. The van der Waals surface area contributed by atoms with E-state index in [1.165, 1.54) is 0 Å². The first-order valence-electron chi connectivity index (χ1n) is 7.58. The molecule has 0 radical (unpaired) electrons. The Hall–Kier alpha value is -1.14. The summed E-state index contributed by atoms with van der Waals surface area (Å²) in [7, 11) is 1.76. The molecule has 0 unspecified atom stereocenters. The van der Waals surface area contributed by atoms with Crippen LogP contribution in [0.25, 0.3) is 0 Å². The van der Waals surface area contributed by atoms with Crippen molar-refractivity contribution >= 4 is 23.5 Å². The van der Waals surface area contributed by atoms with Crippen molar-refractivity contribution in [1.82, 2.24) is 15.0 Å². The third-order valence-corrected chi connectivity index (χ3v) is 4.10. The number of rotatable bonds is 6. The van der Waals surface area contributed by atoms with Gasteiger partial charge in [0.25, 0.3) is 0 Å². The maximum absolute atomic E-state index is 6.07. The van der Waals surface area contributed by atoms with Crippen LogP contribution in [0.5, 0.6) is 0 Å². The van der Waals surface area contributed by atoms with Gasteiger partial charge >= 0.3 is 0 Å². The molecule has 6 nitrogen and oxygen atoms in total. The van der Waals surface area contributed by atoms with E-state index in [1.807, 2.05) is 0 Å². The lowest BCUT2D eigenvalue weighted by Crippen LogP contribution is -2.36. The Morgan fingerprint density at radius 3 is 2.43 bits per heavy atom. The fraction of sp³-hybridized carbons (Fsp3) is 0.786. The summed E-state index contributed by atoms with van der Waals surface area (Å²) in [4.78, 5) is 17.4. The van der Waals surface area contributed by atoms with Gasteiger partial charge in [-0.25, -0.2) is 0 Å². The molecule has 0 aliphatic carbocycles. The van der Waals surface area contributed by atoms with Crippen molar-refractivity contribution in [2.75, 3.05) is 49.7 Å². The van der Waals surface area contributed by atoms with E-state index in [2.05, 4.69) is 38.6 Å². The highest BCUT2D eigenvalue weighted by molar-refractivity contribution is 6.28. The molecule has 0 bridgehead atoms. The first-order valence-corrected chi connectivity index (χ1v) is 7.96. The second-order valence-electron chi connectivity index (χ2n) is 5.26. The van der Waals surface area contributed by atoms with Crippen molar-refractivity contribution in [3.63, 3.8) is 0 Å². The van der Waals surface area contributed by atoms with Crippen molar-refractivity contribution in [3.05, 3.63) is 5.28 Å². The summed E-state index contributed by atoms with van der Waals surface area (Å²) < 4.78 is 5.23. The van der Waals surface area contributed by atoms with Gasteiger partial charge in [-0.2, -0.15) is 15.0 Å². The van der Waals surface area contributed by atoms with Gasteiger partial charge in [0.2, 0.25) is 17.2 Å². The predicted molar refractivity (Wildman–Crippen MR) is 85.2 cm³/mol.